The average Bonchev–Trinajstić information content (AvgIpc) is 2.56. The Balaban J connectivity index is 2.01. The second-order valence-electron chi connectivity index (χ2n) is 5.19. The first-order valence-corrected chi connectivity index (χ1v) is 7.39. The number of carbonyl (C=O) groups excluding carboxylic acids is 2. The lowest BCUT2D eigenvalue weighted by Gasteiger charge is -2.29. The first-order valence-electron chi connectivity index (χ1n) is 7.39. The number of amides is 2. The van der Waals surface area contributed by atoms with Crippen molar-refractivity contribution in [2.24, 2.45) is 0 Å². The molecule has 120 valence electrons. The maximum atomic E-state index is 12.1. The second-order valence-corrected chi connectivity index (χ2v) is 5.19. The summed E-state index contributed by atoms with van der Waals surface area (Å²) in [6, 6.07) is 3.82. The van der Waals surface area contributed by atoms with Gasteiger partial charge in [-0.25, -0.2) is 4.79 Å². The molecule has 0 atom stereocenters. The Kier molecular flexibility index (Phi) is 5.63. The van der Waals surface area contributed by atoms with Gasteiger partial charge in [0.15, 0.2) is 11.5 Å². The maximum absolute atomic E-state index is 12.1. The number of rotatable bonds is 6. The Labute approximate surface area is 130 Å². The number of hydrogen-bond acceptors (Lipinski definition) is 4. The SMILES string of the molecule is COc1cc2c(cc1OC)CN(C(=O)NCCCC=O)CC2. The van der Waals surface area contributed by atoms with E-state index < -0.39 is 0 Å². The molecule has 0 saturated heterocycles. The van der Waals surface area contributed by atoms with E-state index in [0.29, 0.717) is 44.0 Å². The Morgan fingerprint density at radius 1 is 1.27 bits per heavy atom. The summed E-state index contributed by atoms with van der Waals surface area (Å²) >= 11 is 0. The van der Waals surface area contributed by atoms with Gasteiger partial charge in [-0.1, -0.05) is 0 Å². The van der Waals surface area contributed by atoms with E-state index in [2.05, 4.69) is 5.32 Å². The van der Waals surface area contributed by atoms with Crippen LogP contribution in [0.3, 0.4) is 0 Å². The standard InChI is InChI=1S/C16H22N2O4/c1-21-14-9-12-5-7-18(11-13(12)10-15(14)22-2)16(20)17-6-3-4-8-19/h8-10H,3-7,11H2,1-2H3,(H,17,20). The molecular weight excluding hydrogens is 284 g/mol. The first-order chi connectivity index (χ1) is 10.7. The van der Waals surface area contributed by atoms with E-state index in [0.717, 1.165) is 18.3 Å². The molecule has 0 bridgehead atoms. The largest absolute Gasteiger partial charge is 0.493 e. The predicted molar refractivity (Wildman–Crippen MR) is 82.4 cm³/mol. The molecule has 0 unspecified atom stereocenters. The van der Waals surface area contributed by atoms with Crippen LogP contribution < -0.4 is 14.8 Å². The highest BCUT2D eigenvalue weighted by molar-refractivity contribution is 5.74. The summed E-state index contributed by atoms with van der Waals surface area (Å²) < 4.78 is 10.6. The molecule has 0 saturated carbocycles. The summed E-state index contributed by atoms with van der Waals surface area (Å²) in [7, 11) is 3.22. The van der Waals surface area contributed by atoms with Crippen LogP contribution in [0.1, 0.15) is 24.0 Å². The van der Waals surface area contributed by atoms with Crippen molar-refractivity contribution in [1.82, 2.24) is 10.2 Å². The lowest BCUT2D eigenvalue weighted by atomic mass is 9.99. The molecule has 1 aliphatic rings. The quantitative estimate of drug-likeness (QED) is 0.642. The fraction of sp³-hybridized carbons (Fsp3) is 0.500. The van der Waals surface area contributed by atoms with Crippen LogP contribution in [0.5, 0.6) is 11.5 Å². The van der Waals surface area contributed by atoms with Gasteiger partial charge in [-0.15, -0.1) is 0 Å². The van der Waals surface area contributed by atoms with Gasteiger partial charge in [0.25, 0.3) is 0 Å². The lowest BCUT2D eigenvalue weighted by molar-refractivity contribution is -0.107. The third kappa shape index (κ3) is 3.69. The van der Waals surface area contributed by atoms with Crippen LogP contribution in [0.15, 0.2) is 12.1 Å². The Hall–Kier alpha value is -2.24. The van der Waals surface area contributed by atoms with Crippen molar-refractivity contribution in [2.45, 2.75) is 25.8 Å². The van der Waals surface area contributed by atoms with Gasteiger partial charge >= 0.3 is 6.03 Å². The predicted octanol–water partition coefficient (Wildman–Crippen LogP) is 1.75. The number of fused-ring (bicyclic) bond motifs is 1. The van der Waals surface area contributed by atoms with Crippen LogP contribution in [0, 0.1) is 0 Å². The average molecular weight is 306 g/mol. The van der Waals surface area contributed by atoms with Crippen LogP contribution >= 0.6 is 0 Å². The molecule has 2 amide bonds. The van der Waals surface area contributed by atoms with Crippen LogP contribution in [0.4, 0.5) is 4.79 Å². The molecule has 1 aromatic rings. The summed E-state index contributed by atoms with van der Waals surface area (Å²) in [5, 5.41) is 2.84. The molecule has 0 radical (unpaired) electrons. The number of carbonyl (C=O) groups is 2. The van der Waals surface area contributed by atoms with E-state index in [4.69, 9.17) is 9.47 Å². The topological polar surface area (TPSA) is 67.9 Å². The monoisotopic (exact) mass is 306 g/mol. The van der Waals surface area contributed by atoms with Gasteiger partial charge in [0.05, 0.1) is 14.2 Å². The summed E-state index contributed by atoms with van der Waals surface area (Å²) in [5.41, 5.74) is 2.26. The van der Waals surface area contributed by atoms with Gasteiger partial charge in [-0.2, -0.15) is 0 Å². The number of unbranched alkanes of at least 4 members (excludes halogenated alkanes) is 1. The molecule has 6 nitrogen and oxygen atoms in total. The Morgan fingerprint density at radius 2 is 1.95 bits per heavy atom. The zero-order valence-electron chi connectivity index (χ0n) is 13.1. The zero-order chi connectivity index (χ0) is 15.9. The molecule has 1 N–H and O–H groups in total. The highest BCUT2D eigenvalue weighted by Gasteiger charge is 2.22. The van der Waals surface area contributed by atoms with Gasteiger partial charge in [0, 0.05) is 26.1 Å². The zero-order valence-corrected chi connectivity index (χ0v) is 13.1. The van der Waals surface area contributed by atoms with E-state index >= 15 is 0 Å². The number of methoxy groups -OCH3 is 2. The van der Waals surface area contributed by atoms with Crippen molar-refractivity contribution >= 4 is 12.3 Å². The van der Waals surface area contributed by atoms with E-state index in [1.807, 2.05) is 12.1 Å². The highest BCUT2D eigenvalue weighted by Crippen LogP contribution is 2.33. The van der Waals surface area contributed by atoms with E-state index in [1.54, 1.807) is 19.1 Å². The number of nitrogens with one attached hydrogen (secondary N) is 1. The summed E-state index contributed by atoms with van der Waals surface area (Å²) in [6.45, 7) is 1.74. The number of urea groups is 1. The second kappa shape index (κ2) is 7.68. The van der Waals surface area contributed by atoms with Crippen molar-refractivity contribution in [1.29, 1.82) is 0 Å². The number of aldehydes is 1. The fourth-order valence-corrected chi connectivity index (χ4v) is 2.55. The van der Waals surface area contributed by atoms with Crippen molar-refractivity contribution < 1.29 is 19.1 Å². The minimum atomic E-state index is -0.0914. The van der Waals surface area contributed by atoms with Gasteiger partial charge in [-0.3, -0.25) is 0 Å². The minimum absolute atomic E-state index is 0.0914. The summed E-state index contributed by atoms with van der Waals surface area (Å²) in [4.78, 5) is 24.1. The van der Waals surface area contributed by atoms with Gasteiger partial charge in [0.1, 0.15) is 6.29 Å². The van der Waals surface area contributed by atoms with Gasteiger partial charge in [-0.05, 0) is 36.1 Å². The van der Waals surface area contributed by atoms with E-state index in [-0.39, 0.29) is 6.03 Å². The van der Waals surface area contributed by atoms with Gasteiger partial charge in [0.2, 0.25) is 0 Å². The molecular formula is C16H22N2O4. The van der Waals surface area contributed by atoms with E-state index in [9.17, 15) is 9.59 Å². The summed E-state index contributed by atoms with van der Waals surface area (Å²) in [6.07, 6.45) is 2.80. The van der Waals surface area contributed by atoms with Gasteiger partial charge < -0.3 is 24.5 Å². The molecule has 22 heavy (non-hydrogen) atoms. The van der Waals surface area contributed by atoms with Crippen molar-refractivity contribution in [3.05, 3.63) is 23.3 Å². The lowest BCUT2D eigenvalue weighted by Crippen LogP contribution is -2.43. The number of hydrogen-bond donors (Lipinski definition) is 1. The molecule has 0 spiro atoms. The molecule has 1 aliphatic heterocycles. The fourth-order valence-electron chi connectivity index (χ4n) is 2.55. The van der Waals surface area contributed by atoms with Crippen molar-refractivity contribution in [3.63, 3.8) is 0 Å². The Bertz CT molecular complexity index is 545. The number of nitrogens with zero attached hydrogens (tertiary/aromatic N) is 1. The number of ether oxygens (including phenoxy) is 2. The smallest absolute Gasteiger partial charge is 0.317 e. The minimum Gasteiger partial charge on any atom is -0.493 e. The summed E-state index contributed by atoms with van der Waals surface area (Å²) in [5.74, 6) is 1.39. The molecule has 1 heterocycles. The van der Waals surface area contributed by atoms with Crippen LogP contribution in [-0.2, 0) is 17.8 Å². The maximum Gasteiger partial charge on any atom is 0.317 e. The Morgan fingerprint density at radius 3 is 2.59 bits per heavy atom. The molecule has 2 rings (SSSR count). The van der Waals surface area contributed by atoms with E-state index in [1.165, 1.54) is 5.56 Å². The molecule has 0 fully saturated rings. The first kappa shape index (κ1) is 16.1. The molecule has 0 aromatic heterocycles. The van der Waals surface area contributed by atoms with Crippen LogP contribution in [-0.4, -0.2) is 44.5 Å². The van der Waals surface area contributed by atoms with Crippen molar-refractivity contribution in [3.8, 4) is 11.5 Å². The van der Waals surface area contributed by atoms with Crippen LogP contribution in [0.25, 0.3) is 0 Å². The van der Waals surface area contributed by atoms with Crippen LogP contribution in [0.2, 0.25) is 0 Å². The molecule has 6 heteroatoms. The van der Waals surface area contributed by atoms with Crippen molar-refractivity contribution in [2.75, 3.05) is 27.3 Å². The number of benzene rings is 1. The third-order valence-corrected chi connectivity index (χ3v) is 3.78. The molecule has 1 aromatic carbocycles. The third-order valence-electron chi connectivity index (χ3n) is 3.78. The normalized spacial score (nSPS) is 13.3. The highest BCUT2D eigenvalue weighted by atomic mass is 16.5. The molecule has 0 aliphatic carbocycles.